The third kappa shape index (κ3) is 2.72. The van der Waals surface area contributed by atoms with Crippen LogP contribution in [0.15, 0.2) is 0 Å². The molecule has 1 heterocycles. The van der Waals surface area contributed by atoms with Gasteiger partial charge in [0.15, 0.2) is 0 Å². The van der Waals surface area contributed by atoms with Crippen molar-refractivity contribution in [1.82, 2.24) is 4.90 Å². The molecule has 1 fully saturated rings. The Morgan fingerprint density at radius 1 is 1.50 bits per heavy atom. The largest absolute Gasteiger partial charge is 0.370 e. The summed E-state index contributed by atoms with van der Waals surface area (Å²) >= 11 is 0. The molecule has 2 unspecified atom stereocenters. The molecule has 0 N–H and O–H groups in total. The van der Waals surface area contributed by atoms with E-state index in [0.29, 0.717) is 0 Å². The SMILES string of the molecule is CCCN1CC(C)OC(CF)C1. The Bertz CT molecular complexity index is 132. The second-order valence-electron chi connectivity index (χ2n) is 3.48. The highest BCUT2D eigenvalue weighted by Crippen LogP contribution is 2.11. The highest BCUT2D eigenvalue weighted by atomic mass is 19.1. The van der Waals surface area contributed by atoms with Crippen LogP contribution in [0.1, 0.15) is 20.3 Å². The number of hydrogen-bond acceptors (Lipinski definition) is 2. The lowest BCUT2D eigenvalue weighted by molar-refractivity contribution is -0.0842. The standard InChI is InChI=1S/C9H18FNO/c1-3-4-11-6-8(2)12-9(5-10)7-11/h8-9H,3-7H2,1-2H3. The van der Waals surface area contributed by atoms with Crippen molar-refractivity contribution in [3.63, 3.8) is 0 Å². The van der Waals surface area contributed by atoms with Gasteiger partial charge in [-0.25, -0.2) is 4.39 Å². The van der Waals surface area contributed by atoms with Crippen LogP contribution in [-0.2, 0) is 4.74 Å². The van der Waals surface area contributed by atoms with Gasteiger partial charge < -0.3 is 4.74 Å². The second kappa shape index (κ2) is 4.77. The van der Waals surface area contributed by atoms with E-state index in [2.05, 4.69) is 11.8 Å². The van der Waals surface area contributed by atoms with Gasteiger partial charge in [-0.3, -0.25) is 4.90 Å². The summed E-state index contributed by atoms with van der Waals surface area (Å²) in [5.41, 5.74) is 0. The molecule has 1 aliphatic heterocycles. The summed E-state index contributed by atoms with van der Waals surface area (Å²) in [6.45, 7) is 6.56. The van der Waals surface area contributed by atoms with Crippen LogP contribution in [-0.4, -0.2) is 43.4 Å². The lowest BCUT2D eigenvalue weighted by atomic mass is 10.2. The van der Waals surface area contributed by atoms with E-state index in [9.17, 15) is 4.39 Å². The van der Waals surface area contributed by atoms with E-state index in [0.717, 1.165) is 26.1 Å². The van der Waals surface area contributed by atoms with Crippen LogP contribution < -0.4 is 0 Å². The molecule has 1 saturated heterocycles. The van der Waals surface area contributed by atoms with Crippen molar-refractivity contribution in [3.05, 3.63) is 0 Å². The summed E-state index contributed by atoms with van der Waals surface area (Å²) in [6.07, 6.45) is 1.12. The highest BCUT2D eigenvalue weighted by Gasteiger charge is 2.24. The number of nitrogens with zero attached hydrogens (tertiary/aromatic N) is 1. The van der Waals surface area contributed by atoms with Crippen molar-refractivity contribution >= 4 is 0 Å². The van der Waals surface area contributed by atoms with Gasteiger partial charge in [-0.05, 0) is 19.9 Å². The highest BCUT2D eigenvalue weighted by molar-refractivity contribution is 4.74. The summed E-state index contributed by atoms with van der Waals surface area (Å²) in [5.74, 6) is 0. The van der Waals surface area contributed by atoms with Crippen molar-refractivity contribution in [2.24, 2.45) is 0 Å². The number of hydrogen-bond donors (Lipinski definition) is 0. The summed E-state index contributed by atoms with van der Waals surface area (Å²) in [4.78, 5) is 2.28. The fraction of sp³-hybridized carbons (Fsp3) is 1.00. The maximum Gasteiger partial charge on any atom is 0.117 e. The van der Waals surface area contributed by atoms with E-state index in [1.54, 1.807) is 0 Å². The van der Waals surface area contributed by atoms with Crippen LogP contribution >= 0.6 is 0 Å². The summed E-state index contributed by atoms with van der Waals surface area (Å²) in [7, 11) is 0. The van der Waals surface area contributed by atoms with Crippen molar-refractivity contribution in [3.8, 4) is 0 Å². The fourth-order valence-corrected chi connectivity index (χ4v) is 1.72. The molecular weight excluding hydrogens is 157 g/mol. The van der Waals surface area contributed by atoms with E-state index in [1.807, 2.05) is 6.92 Å². The van der Waals surface area contributed by atoms with Crippen molar-refractivity contribution < 1.29 is 9.13 Å². The first-order chi connectivity index (χ1) is 5.76. The molecule has 2 atom stereocenters. The van der Waals surface area contributed by atoms with Gasteiger partial charge in [-0.15, -0.1) is 0 Å². The smallest absolute Gasteiger partial charge is 0.117 e. The van der Waals surface area contributed by atoms with Gasteiger partial charge in [0, 0.05) is 13.1 Å². The third-order valence-corrected chi connectivity index (χ3v) is 2.11. The first kappa shape index (κ1) is 9.93. The Kier molecular flexibility index (Phi) is 3.95. The van der Waals surface area contributed by atoms with Crippen LogP contribution in [0.2, 0.25) is 0 Å². The number of halogens is 1. The Morgan fingerprint density at radius 2 is 2.25 bits per heavy atom. The van der Waals surface area contributed by atoms with Crippen molar-refractivity contribution in [2.45, 2.75) is 32.5 Å². The molecule has 72 valence electrons. The first-order valence-electron chi connectivity index (χ1n) is 4.70. The maximum absolute atomic E-state index is 12.3. The maximum atomic E-state index is 12.3. The second-order valence-corrected chi connectivity index (χ2v) is 3.48. The molecule has 1 aliphatic rings. The third-order valence-electron chi connectivity index (χ3n) is 2.11. The summed E-state index contributed by atoms with van der Waals surface area (Å²) in [5, 5.41) is 0. The zero-order chi connectivity index (χ0) is 8.97. The molecule has 0 spiro atoms. The minimum absolute atomic E-state index is 0.186. The molecule has 0 amide bonds. The van der Waals surface area contributed by atoms with Crippen LogP contribution in [0, 0.1) is 0 Å². The average molecular weight is 175 g/mol. The molecule has 0 saturated carbocycles. The van der Waals surface area contributed by atoms with Crippen LogP contribution in [0.3, 0.4) is 0 Å². The monoisotopic (exact) mass is 175 g/mol. The van der Waals surface area contributed by atoms with E-state index < -0.39 is 0 Å². The fourth-order valence-electron chi connectivity index (χ4n) is 1.72. The van der Waals surface area contributed by atoms with Crippen LogP contribution in [0.25, 0.3) is 0 Å². The Labute approximate surface area is 73.7 Å². The van der Waals surface area contributed by atoms with Gasteiger partial charge in [-0.1, -0.05) is 6.92 Å². The first-order valence-corrected chi connectivity index (χ1v) is 4.70. The lowest BCUT2D eigenvalue weighted by Crippen LogP contribution is -2.47. The van der Waals surface area contributed by atoms with Gasteiger partial charge in [0.2, 0.25) is 0 Å². The van der Waals surface area contributed by atoms with Gasteiger partial charge >= 0.3 is 0 Å². The zero-order valence-electron chi connectivity index (χ0n) is 7.92. The topological polar surface area (TPSA) is 12.5 Å². The normalized spacial score (nSPS) is 32.2. The predicted octanol–water partition coefficient (Wildman–Crippen LogP) is 1.46. The molecular formula is C9H18FNO. The van der Waals surface area contributed by atoms with Crippen molar-refractivity contribution in [2.75, 3.05) is 26.3 Å². The molecule has 1 rings (SSSR count). The summed E-state index contributed by atoms with van der Waals surface area (Å²) < 4.78 is 17.7. The number of morpholine rings is 1. The van der Waals surface area contributed by atoms with Gasteiger partial charge in [0.1, 0.15) is 6.67 Å². The van der Waals surface area contributed by atoms with Crippen LogP contribution in [0.4, 0.5) is 4.39 Å². The van der Waals surface area contributed by atoms with Gasteiger partial charge in [0.25, 0.3) is 0 Å². The van der Waals surface area contributed by atoms with E-state index in [1.165, 1.54) is 0 Å². The Balaban J connectivity index is 2.34. The average Bonchev–Trinajstić information content (AvgIpc) is 2.04. The molecule has 0 aromatic carbocycles. The molecule has 0 aromatic rings. The van der Waals surface area contributed by atoms with E-state index in [-0.39, 0.29) is 18.9 Å². The minimum Gasteiger partial charge on any atom is -0.370 e. The van der Waals surface area contributed by atoms with E-state index in [4.69, 9.17) is 4.74 Å². The summed E-state index contributed by atoms with van der Waals surface area (Å²) in [6, 6.07) is 0. The zero-order valence-corrected chi connectivity index (χ0v) is 7.92. The molecule has 2 nitrogen and oxygen atoms in total. The number of alkyl halides is 1. The van der Waals surface area contributed by atoms with Crippen molar-refractivity contribution in [1.29, 1.82) is 0 Å². The van der Waals surface area contributed by atoms with E-state index >= 15 is 0 Å². The van der Waals surface area contributed by atoms with Gasteiger partial charge in [0.05, 0.1) is 12.2 Å². The number of rotatable bonds is 3. The molecule has 3 heteroatoms. The Morgan fingerprint density at radius 3 is 2.83 bits per heavy atom. The number of ether oxygens (including phenoxy) is 1. The quantitative estimate of drug-likeness (QED) is 0.644. The minimum atomic E-state index is -0.357. The van der Waals surface area contributed by atoms with Crippen LogP contribution in [0.5, 0.6) is 0 Å². The molecule has 0 aromatic heterocycles. The predicted molar refractivity (Wildman–Crippen MR) is 47.0 cm³/mol. The molecule has 0 bridgehead atoms. The lowest BCUT2D eigenvalue weighted by Gasteiger charge is -2.35. The molecule has 0 aliphatic carbocycles. The Hall–Kier alpha value is -0.150. The molecule has 12 heavy (non-hydrogen) atoms. The molecule has 0 radical (unpaired) electrons. The van der Waals surface area contributed by atoms with Gasteiger partial charge in [-0.2, -0.15) is 0 Å².